The number of nitrogens with one attached hydrogen (secondary N) is 1. The number of carbonyl (C=O) groups excluding carboxylic acids is 1. The van der Waals surface area contributed by atoms with Crippen LogP contribution in [-0.2, 0) is 4.79 Å². The van der Waals surface area contributed by atoms with Crippen molar-refractivity contribution in [3.05, 3.63) is 83.4 Å². The van der Waals surface area contributed by atoms with Gasteiger partial charge in [-0.25, -0.2) is 5.43 Å². The largest absolute Gasteiger partial charge is 0.507 e. The van der Waals surface area contributed by atoms with Gasteiger partial charge in [0.25, 0.3) is 5.91 Å². The van der Waals surface area contributed by atoms with E-state index in [1.165, 1.54) is 12.3 Å². The zero-order valence-electron chi connectivity index (χ0n) is 15.2. The molecule has 0 spiro atoms. The van der Waals surface area contributed by atoms with Crippen molar-refractivity contribution in [1.29, 1.82) is 0 Å². The molecule has 0 aromatic heterocycles. The van der Waals surface area contributed by atoms with Gasteiger partial charge < -0.3 is 9.84 Å². The Morgan fingerprint density at radius 3 is 2.59 bits per heavy atom. The van der Waals surface area contributed by atoms with E-state index in [2.05, 4.69) is 20.8 Å². The van der Waals surface area contributed by atoms with Gasteiger partial charge in [0, 0.05) is 10.6 Å². The van der Waals surface area contributed by atoms with Crippen LogP contribution in [0.1, 0.15) is 5.56 Å². The van der Waals surface area contributed by atoms with Crippen molar-refractivity contribution in [2.45, 2.75) is 0 Å². The van der Waals surface area contributed by atoms with Crippen LogP contribution in [0.15, 0.2) is 88.1 Å². The molecule has 0 aliphatic carbocycles. The third-order valence-corrected chi connectivity index (χ3v) is 3.84. The monoisotopic (exact) mass is 408 g/mol. The van der Waals surface area contributed by atoms with Gasteiger partial charge in [0.15, 0.2) is 6.61 Å². The molecule has 0 unspecified atom stereocenters. The van der Waals surface area contributed by atoms with Crippen molar-refractivity contribution in [2.75, 3.05) is 6.61 Å². The Morgan fingerprint density at radius 2 is 1.79 bits per heavy atom. The highest BCUT2D eigenvalue weighted by molar-refractivity contribution is 6.30. The maximum absolute atomic E-state index is 11.8. The Labute approximate surface area is 172 Å². The van der Waals surface area contributed by atoms with Crippen molar-refractivity contribution in [3.8, 4) is 11.5 Å². The molecule has 0 aliphatic heterocycles. The van der Waals surface area contributed by atoms with Crippen molar-refractivity contribution < 1.29 is 14.6 Å². The molecule has 7 nitrogen and oxygen atoms in total. The Balaban J connectivity index is 1.56. The molecule has 0 saturated carbocycles. The highest BCUT2D eigenvalue weighted by Gasteiger charge is 2.03. The smallest absolute Gasteiger partial charge is 0.277 e. The minimum Gasteiger partial charge on any atom is -0.507 e. The molecule has 29 heavy (non-hydrogen) atoms. The summed E-state index contributed by atoms with van der Waals surface area (Å²) in [4.78, 5) is 11.8. The lowest BCUT2D eigenvalue weighted by Crippen LogP contribution is -2.24. The molecule has 8 heteroatoms. The van der Waals surface area contributed by atoms with E-state index in [0.717, 1.165) is 0 Å². The quantitative estimate of drug-likeness (QED) is 0.327. The third-order valence-electron chi connectivity index (χ3n) is 3.61. The van der Waals surface area contributed by atoms with Gasteiger partial charge in [-0.15, -0.1) is 0 Å². The van der Waals surface area contributed by atoms with Crippen LogP contribution < -0.4 is 10.2 Å². The molecular weight excluding hydrogens is 392 g/mol. The number of aromatic hydroxyl groups is 1. The van der Waals surface area contributed by atoms with Gasteiger partial charge >= 0.3 is 0 Å². The number of rotatable bonds is 7. The van der Waals surface area contributed by atoms with Crippen LogP contribution in [-0.4, -0.2) is 23.8 Å². The number of hydrogen-bond acceptors (Lipinski definition) is 6. The summed E-state index contributed by atoms with van der Waals surface area (Å²) in [6, 6.07) is 20.7. The minimum atomic E-state index is -0.458. The average Bonchev–Trinajstić information content (AvgIpc) is 2.73. The maximum Gasteiger partial charge on any atom is 0.277 e. The summed E-state index contributed by atoms with van der Waals surface area (Å²) in [5.74, 6) is 0.0169. The van der Waals surface area contributed by atoms with Crippen LogP contribution in [0.4, 0.5) is 11.4 Å². The Morgan fingerprint density at radius 1 is 1.00 bits per heavy atom. The molecule has 146 valence electrons. The number of carbonyl (C=O) groups is 1. The van der Waals surface area contributed by atoms with E-state index in [9.17, 15) is 9.90 Å². The molecule has 3 rings (SSSR count). The van der Waals surface area contributed by atoms with Crippen LogP contribution >= 0.6 is 11.6 Å². The molecule has 1 amide bonds. The normalized spacial score (nSPS) is 11.1. The van der Waals surface area contributed by atoms with E-state index >= 15 is 0 Å². The highest BCUT2D eigenvalue weighted by atomic mass is 35.5. The van der Waals surface area contributed by atoms with Crippen molar-refractivity contribution in [2.24, 2.45) is 15.3 Å². The minimum absolute atomic E-state index is 0.00293. The van der Waals surface area contributed by atoms with E-state index in [4.69, 9.17) is 16.3 Å². The molecular formula is C21H17ClN4O3. The Kier molecular flexibility index (Phi) is 6.91. The van der Waals surface area contributed by atoms with Crippen LogP contribution in [0.2, 0.25) is 5.02 Å². The zero-order chi connectivity index (χ0) is 20.5. The second-order valence-corrected chi connectivity index (χ2v) is 6.25. The van der Waals surface area contributed by atoms with E-state index in [1.54, 1.807) is 36.4 Å². The number of hydrogen-bond donors (Lipinski definition) is 2. The number of hydrazone groups is 1. The maximum atomic E-state index is 11.8. The van der Waals surface area contributed by atoms with Crippen LogP contribution in [0, 0.1) is 0 Å². The van der Waals surface area contributed by atoms with Gasteiger partial charge in [-0.1, -0.05) is 35.9 Å². The molecule has 0 aliphatic rings. The fraction of sp³-hybridized carbons (Fsp3) is 0.0476. The van der Waals surface area contributed by atoms with E-state index in [0.29, 0.717) is 27.7 Å². The lowest BCUT2D eigenvalue weighted by Gasteiger charge is -2.05. The van der Waals surface area contributed by atoms with Gasteiger partial charge in [-0.3, -0.25) is 4.79 Å². The number of ether oxygens (including phenoxy) is 1. The van der Waals surface area contributed by atoms with Crippen LogP contribution in [0.3, 0.4) is 0 Å². The van der Waals surface area contributed by atoms with Gasteiger partial charge in [0.2, 0.25) is 0 Å². The average molecular weight is 409 g/mol. The number of azo groups is 1. The number of amides is 1. The van der Waals surface area contributed by atoms with E-state index in [-0.39, 0.29) is 12.4 Å². The summed E-state index contributed by atoms with van der Waals surface area (Å²) in [5.41, 5.74) is 3.95. The third kappa shape index (κ3) is 6.44. The lowest BCUT2D eigenvalue weighted by atomic mass is 10.2. The summed E-state index contributed by atoms with van der Waals surface area (Å²) in [5, 5.41) is 22.5. The van der Waals surface area contributed by atoms with Gasteiger partial charge in [-0.05, 0) is 48.5 Å². The topological polar surface area (TPSA) is 95.6 Å². The predicted molar refractivity (Wildman–Crippen MR) is 111 cm³/mol. The first-order valence-corrected chi connectivity index (χ1v) is 8.98. The lowest BCUT2D eigenvalue weighted by molar-refractivity contribution is -0.123. The first kappa shape index (κ1) is 20.0. The number of phenolic OH excluding ortho intramolecular Hbond substituents is 1. The number of phenols is 1. The standard InChI is InChI=1S/C21H17ClN4O3/c22-16-5-4-8-19(12-16)29-14-21(28)26-23-13-15-11-18(9-10-20(15)27)25-24-17-6-2-1-3-7-17/h1-13,27H,14H2,(H,26,28)/b23-13+,25-24?. The zero-order valence-corrected chi connectivity index (χ0v) is 16.0. The molecule has 0 heterocycles. The number of benzene rings is 3. The molecule has 0 atom stereocenters. The van der Waals surface area contributed by atoms with Crippen molar-refractivity contribution >= 4 is 35.1 Å². The summed E-state index contributed by atoms with van der Waals surface area (Å²) in [6.07, 6.45) is 1.31. The summed E-state index contributed by atoms with van der Waals surface area (Å²) in [7, 11) is 0. The first-order chi connectivity index (χ1) is 14.1. The van der Waals surface area contributed by atoms with Gasteiger partial charge in [-0.2, -0.15) is 15.3 Å². The Bertz CT molecular complexity index is 1040. The molecule has 0 radical (unpaired) electrons. The Hall–Kier alpha value is -3.71. The van der Waals surface area contributed by atoms with E-state index in [1.807, 2.05) is 30.3 Å². The van der Waals surface area contributed by atoms with Crippen LogP contribution in [0.5, 0.6) is 11.5 Å². The highest BCUT2D eigenvalue weighted by Crippen LogP contribution is 2.24. The second kappa shape index (κ2) is 10.0. The van der Waals surface area contributed by atoms with Crippen molar-refractivity contribution in [3.63, 3.8) is 0 Å². The molecule has 3 aromatic rings. The molecule has 0 bridgehead atoms. The molecule has 3 aromatic carbocycles. The first-order valence-electron chi connectivity index (χ1n) is 8.60. The van der Waals surface area contributed by atoms with Gasteiger partial charge in [0.05, 0.1) is 17.6 Å². The second-order valence-electron chi connectivity index (χ2n) is 5.82. The number of halogens is 1. The summed E-state index contributed by atoms with van der Waals surface area (Å²) in [6.45, 7) is -0.227. The van der Waals surface area contributed by atoms with Crippen molar-refractivity contribution in [1.82, 2.24) is 5.43 Å². The molecule has 0 fully saturated rings. The van der Waals surface area contributed by atoms with E-state index < -0.39 is 5.91 Å². The SMILES string of the molecule is O=C(COc1cccc(Cl)c1)N/N=C/c1cc(N=Nc2ccccc2)ccc1O. The summed E-state index contributed by atoms with van der Waals surface area (Å²) < 4.78 is 5.32. The predicted octanol–water partition coefficient (Wildman–Crippen LogP) is 4.99. The molecule has 0 saturated heterocycles. The van der Waals surface area contributed by atoms with Crippen LogP contribution in [0.25, 0.3) is 0 Å². The number of nitrogens with zero attached hydrogens (tertiary/aromatic N) is 3. The van der Waals surface area contributed by atoms with Gasteiger partial charge in [0.1, 0.15) is 11.5 Å². The summed E-state index contributed by atoms with van der Waals surface area (Å²) >= 11 is 5.85. The fourth-order valence-electron chi connectivity index (χ4n) is 2.23. The molecule has 2 N–H and O–H groups in total. The fourth-order valence-corrected chi connectivity index (χ4v) is 2.41.